The largest absolute Gasteiger partial charge is 0.505 e. The Kier molecular flexibility index (Phi) is 4.03. The number of aromatic hydroxyl groups is 1. The number of hydrogen-bond donors (Lipinski definition) is 1. The first kappa shape index (κ1) is 17.9. The van der Waals surface area contributed by atoms with Gasteiger partial charge in [0.25, 0.3) is 0 Å². The summed E-state index contributed by atoms with van der Waals surface area (Å²) in [5, 5.41) is 20.4. The summed E-state index contributed by atoms with van der Waals surface area (Å²) in [6.45, 7) is 1.96. The van der Waals surface area contributed by atoms with Crippen molar-refractivity contribution in [2.45, 2.75) is 6.92 Å². The first-order valence-corrected chi connectivity index (χ1v) is 9.48. The molecule has 0 unspecified atom stereocenters. The lowest BCUT2D eigenvalue weighted by Gasteiger charge is -2.06. The molecule has 0 spiro atoms. The summed E-state index contributed by atoms with van der Waals surface area (Å²) in [5.41, 5.74) is 4.98. The number of carbonyl (C=O) groups excluding carboxylic acids is 2. The van der Waals surface area contributed by atoms with Crippen LogP contribution in [0.15, 0.2) is 77.0 Å². The Morgan fingerprint density at radius 1 is 0.833 bits per heavy atom. The Bertz CT molecular complexity index is 1400. The molecule has 5 heteroatoms. The molecule has 0 heterocycles. The monoisotopic (exact) mass is 392 g/mol. The predicted octanol–water partition coefficient (Wildman–Crippen LogP) is 6.29. The summed E-state index contributed by atoms with van der Waals surface area (Å²) in [7, 11) is 0. The van der Waals surface area contributed by atoms with Crippen LogP contribution >= 0.6 is 0 Å². The molecule has 0 atom stereocenters. The van der Waals surface area contributed by atoms with E-state index in [1.807, 2.05) is 55.5 Å². The van der Waals surface area contributed by atoms with E-state index in [1.54, 1.807) is 18.2 Å². The maximum absolute atomic E-state index is 12.8. The number of aldehydes is 1. The van der Waals surface area contributed by atoms with Gasteiger partial charge >= 0.3 is 0 Å². The highest BCUT2D eigenvalue weighted by Gasteiger charge is 2.26. The van der Waals surface area contributed by atoms with Gasteiger partial charge in [-0.25, -0.2) is 0 Å². The minimum atomic E-state index is -0.215. The second-order valence-electron chi connectivity index (χ2n) is 7.31. The van der Waals surface area contributed by atoms with E-state index in [1.165, 1.54) is 0 Å². The van der Waals surface area contributed by atoms with Crippen molar-refractivity contribution >= 4 is 34.2 Å². The van der Waals surface area contributed by atoms with Crippen molar-refractivity contribution in [3.8, 4) is 16.9 Å². The third kappa shape index (κ3) is 2.71. The van der Waals surface area contributed by atoms with Crippen molar-refractivity contribution < 1.29 is 14.7 Å². The van der Waals surface area contributed by atoms with Gasteiger partial charge in [-0.3, -0.25) is 9.59 Å². The molecular formula is C25H16N2O3. The zero-order chi connectivity index (χ0) is 20.8. The van der Waals surface area contributed by atoms with Crippen LogP contribution in [0.1, 0.15) is 31.8 Å². The Labute approximate surface area is 172 Å². The van der Waals surface area contributed by atoms with Crippen molar-refractivity contribution in [1.29, 1.82) is 0 Å². The molecule has 1 N–H and O–H groups in total. The Morgan fingerprint density at radius 3 is 2.37 bits per heavy atom. The fourth-order valence-electron chi connectivity index (χ4n) is 3.88. The fraction of sp³-hybridized carbons (Fsp3) is 0.0400. The number of azo groups is 1. The van der Waals surface area contributed by atoms with Crippen LogP contribution < -0.4 is 0 Å². The van der Waals surface area contributed by atoms with Crippen molar-refractivity contribution in [3.05, 3.63) is 89.0 Å². The Morgan fingerprint density at radius 2 is 1.57 bits per heavy atom. The van der Waals surface area contributed by atoms with Crippen molar-refractivity contribution in [2.75, 3.05) is 0 Å². The standard InChI is InChI=1S/C25H16N2O3/c1-14-6-8-19-20-9-7-17(12-22(20)25(30)21(19)10-14)26-27-23-18-5-3-2-4-15(18)11-16(13-28)24(23)29/h2-13,29H,1H3. The molecule has 4 aromatic carbocycles. The summed E-state index contributed by atoms with van der Waals surface area (Å²) < 4.78 is 0. The highest BCUT2D eigenvalue weighted by molar-refractivity contribution is 6.22. The third-order valence-corrected chi connectivity index (χ3v) is 5.37. The molecule has 1 aliphatic rings. The maximum Gasteiger partial charge on any atom is 0.194 e. The van der Waals surface area contributed by atoms with Crippen LogP contribution in [0, 0.1) is 6.92 Å². The first-order chi connectivity index (χ1) is 14.6. The second kappa shape index (κ2) is 6.74. The van der Waals surface area contributed by atoms with E-state index in [2.05, 4.69) is 10.2 Å². The zero-order valence-electron chi connectivity index (χ0n) is 16.1. The lowest BCUT2D eigenvalue weighted by atomic mass is 10.0. The van der Waals surface area contributed by atoms with Crippen LogP contribution in [0.2, 0.25) is 0 Å². The molecule has 0 radical (unpaired) electrons. The maximum atomic E-state index is 12.8. The van der Waals surface area contributed by atoms with Gasteiger partial charge in [-0.15, -0.1) is 5.11 Å². The van der Waals surface area contributed by atoms with Gasteiger partial charge in [0.15, 0.2) is 17.8 Å². The predicted molar refractivity (Wildman–Crippen MR) is 115 cm³/mol. The smallest absolute Gasteiger partial charge is 0.194 e. The van der Waals surface area contributed by atoms with E-state index >= 15 is 0 Å². The average molecular weight is 392 g/mol. The summed E-state index contributed by atoms with van der Waals surface area (Å²) in [5.74, 6) is -0.246. The molecule has 4 aromatic rings. The zero-order valence-corrected chi connectivity index (χ0v) is 16.1. The van der Waals surface area contributed by atoms with E-state index < -0.39 is 0 Å². The van der Waals surface area contributed by atoms with Crippen molar-refractivity contribution in [1.82, 2.24) is 0 Å². The fourth-order valence-corrected chi connectivity index (χ4v) is 3.88. The van der Waals surface area contributed by atoms with Crippen molar-refractivity contribution in [2.24, 2.45) is 10.2 Å². The summed E-state index contributed by atoms with van der Waals surface area (Å²) in [4.78, 5) is 24.2. The van der Waals surface area contributed by atoms with Gasteiger partial charge in [-0.1, -0.05) is 48.0 Å². The highest BCUT2D eigenvalue weighted by atomic mass is 16.3. The lowest BCUT2D eigenvalue weighted by molar-refractivity contribution is 0.104. The molecule has 1 aliphatic carbocycles. The molecule has 5 rings (SSSR count). The van der Waals surface area contributed by atoms with Crippen LogP contribution in [0.5, 0.6) is 5.75 Å². The minimum Gasteiger partial charge on any atom is -0.505 e. The van der Waals surface area contributed by atoms with E-state index in [9.17, 15) is 14.7 Å². The number of fused-ring (bicyclic) bond motifs is 4. The van der Waals surface area contributed by atoms with Crippen LogP contribution in [0.4, 0.5) is 11.4 Å². The number of ketones is 1. The van der Waals surface area contributed by atoms with Gasteiger partial charge in [-0.05, 0) is 47.7 Å². The Balaban J connectivity index is 1.59. The first-order valence-electron chi connectivity index (χ1n) is 9.48. The van der Waals surface area contributed by atoms with Crippen LogP contribution in [0.25, 0.3) is 21.9 Å². The molecule has 144 valence electrons. The van der Waals surface area contributed by atoms with Crippen LogP contribution in [-0.4, -0.2) is 17.2 Å². The van der Waals surface area contributed by atoms with Gasteiger partial charge < -0.3 is 5.11 Å². The molecule has 30 heavy (non-hydrogen) atoms. The number of phenols is 1. The summed E-state index contributed by atoms with van der Waals surface area (Å²) in [6.07, 6.45) is 0.591. The van der Waals surface area contributed by atoms with E-state index in [0.29, 0.717) is 28.5 Å². The molecule has 0 amide bonds. The van der Waals surface area contributed by atoms with E-state index in [4.69, 9.17) is 0 Å². The normalized spacial score (nSPS) is 12.4. The number of benzene rings is 4. The third-order valence-electron chi connectivity index (χ3n) is 5.37. The number of hydrogen-bond acceptors (Lipinski definition) is 5. The van der Waals surface area contributed by atoms with Gasteiger partial charge in [0, 0.05) is 16.5 Å². The molecule has 5 nitrogen and oxygen atoms in total. The topological polar surface area (TPSA) is 79.1 Å². The quantitative estimate of drug-likeness (QED) is 0.289. The molecule has 0 aliphatic heterocycles. The number of rotatable bonds is 3. The summed E-state index contributed by atoms with van der Waals surface area (Å²) in [6, 6.07) is 20.1. The molecule has 0 aromatic heterocycles. The van der Waals surface area contributed by atoms with Crippen LogP contribution in [-0.2, 0) is 0 Å². The molecule has 0 bridgehead atoms. The number of phenolic OH excluding ortho intramolecular Hbond substituents is 1. The van der Waals surface area contributed by atoms with Gasteiger partial charge in [0.1, 0.15) is 5.69 Å². The van der Waals surface area contributed by atoms with Gasteiger partial charge in [-0.2, -0.15) is 5.11 Å². The van der Waals surface area contributed by atoms with E-state index in [-0.39, 0.29) is 22.8 Å². The van der Waals surface area contributed by atoms with E-state index in [0.717, 1.165) is 22.1 Å². The second-order valence-corrected chi connectivity index (χ2v) is 7.31. The van der Waals surface area contributed by atoms with Crippen LogP contribution in [0.3, 0.4) is 0 Å². The van der Waals surface area contributed by atoms with Gasteiger partial charge in [0.05, 0.1) is 11.3 Å². The van der Waals surface area contributed by atoms with Crippen molar-refractivity contribution in [3.63, 3.8) is 0 Å². The SMILES string of the molecule is Cc1ccc2c(c1)C(=O)c1cc(N=Nc3c(O)c(C=O)cc4ccccc34)ccc1-2. The number of carbonyl (C=O) groups is 2. The highest BCUT2D eigenvalue weighted by Crippen LogP contribution is 2.41. The molecular weight excluding hydrogens is 376 g/mol. The average Bonchev–Trinajstić information content (AvgIpc) is 3.03. The minimum absolute atomic E-state index is 0.0306. The summed E-state index contributed by atoms with van der Waals surface area (Å²) >= 11 is 0. The number of aryl methyl sites for hydroxylation is 1. The number of nitrogens with zero attached hydrogens (tertiary/aromatic N) is 2. The molecule has 0 saturated heterocycles. The molecule has 0 saturated carbocycles. The van der Waals surface area contributed by atoms with Gasteiger partial charge in [0.2, 0.25) is 0 Å². The molecule has 0 fully saturated rings. The Hall–Kier alpha value is -4.12. The lowest BCUT2D eigenvalue weighted by Crippen LogP contribution is -1.95.